The van der Waals surface area contributed by atoms with E-state index in [1.54, 1.807) is 42.1 Å². The molecule has 0 unspecified atom stereocenters. The highest BCUT2D eigenvalue weighted by Crippen LogP contribution is 2.27. The molecule has 2 aliphatic rings. The maximum absolute atomic E-state index is 12.6. The summed E-state index contributed by atoms with van der Waals surface area (Å²) in [6.07, 6.45) is 6.62. The van der Waals surface area contributed by atoms with Crippen LogP contribution in [0.25, 0.3) is 0 Å². The smallest absolute Gasteiger partial charge is 0.243 e. The third kappa shape index (κ3) is 5.02. The summed E-state index contributed by atoms with van der Waals surface area (Å²) in [5.74, 6) is 2.51. The molecule has 1 aromatic carbocycles. The van der Waals surface area contributed by atoms with Gasteiger partial charge in [-0.25, -0.2) is 8.42 Å². The summed E-state index contributed by atoms with van der Waals surface area (Å²) in [7, 11) is -3.45. The highest BCUT2D eigenvalue weighted by atomic mass is 32.2. The molecule has 26 heavy (non-hydrogen) atoms. The van der Waals surface area contributed by atoms with Gasteiger partial charge in [0.25, 0.3) is 0 Å². The Bertz CT molecular complexity index is 680. The molecule has 0 spiro atoms. The zero-order valence-electron chi connectivity index (χ0n) is 15.2. The zero-order chi connectivity index (χ0) is 18.4. The number of sulfonamides is 1. The first-order valence-electron chi connectivity index (χ1n) is 9.48. The van der Waals surface area contributed by atoms with Crippen LogP contribution in [-0.2, 0) is 14.8 Å². The molecule has 0 N–H and O–H groups in total. The SMILES string of the molecule is O=C(CSCC1CCCCC1)N1CCN(S(=O)(=O)c2ccccc2)CC1. The van der Waals surface area contributed by atoms with Crippen LogP contribution >= 0.6 is 11.8 Å². The summed E-state index contributed by atoms with van der Waals surface area (Å²) in [5, 5.41) is 0. The second-order valence-corrected chi connectivity index (χ2v) is 10.1. The van der Waals surface area contributed by atoms with E-state index in [9.17, 15) is 13.2 Å². The van der Waals surface area contributed by atoms with Crippen LogP contribution in [0.3, 0.4) is 0 Å². The summed E-state index contributed by atoms with van der Waals surface area (Å²) >= 11 is 1.74. The van der Waals surface area contributed by atoms with Gasteiger partial charge in [0.1, 0.15) is 0 Å². The van der Waals surface area contributed by atoms with Crippen molar-refractivity contribution in [3.05, 3.63) is 30.3 Å². The Hall–Kier alpha value is -1.05. The van der Waals surface area contributed by atoms with Gasteiger partial charge >= 0.3 is 0 Å². The van der Waals surface area contributed by atoms with Crippen LogP contribution < -0.4 is 0 Å². The largest absolute Gasteiger partial charge is 0.339 e. The number of carbonyl (C=O) groups is 1. The molecule has 1 saturated carbocycles. The van der Waals surface area contributed by atoms with Gasteiger partial charge in [-0.05, 0) is 36.6 Å². The highest BCUT2D eigenvalue weighted by Gasteiger charge is 2.29. The van der Waals surface area contributed by atoms with E-state index >= 15 is 0 Å². The average molecular weight is 397 g/mol. The van der Waals surface area contributed by atoms with Crippen LogP contribution in [0.15, 0.2) is 35.2 Å². The molecule has 0 atom stereocenters. The molecular weight excluding hydrogens is 368 g/mol. The molecule has 5 nitrogen and oxygen atoms in total. The third-order valence-corrected chi connectivity index (χ3v) is 8.35. The minimum Gasteiger partial charge on any atom is -0.339 e. The lowest BCUT2D eigenvalue weighted by molar-refractivity contribution is -0.129. The maximum atomic E-state index is 12.6. The van der Waals surface area contributed by atoms with Crippen molar-refractivity contribution in [2.45, 2.75) is 37.0 Å². The molecule has 1 aliphatic heterocycles. The van der Waals surface area contributed by atoms with Crippen molar-refractivity contribution in [1.29, 1.82) is 0 Å². The van der Waals surface area contributed by atoms with Gasteiger partial charge in [0.2, 0.25) is 15.9 Å². The minimum absolute atomic E-state index is 0.141. The fraction of sp³-hybridized carbons (Fsp3) is 0.632. The Kier molecular flexibility index (Phi) is 7.00. The molecule has 1 heterocycles. The number of benzene rings is 1. The number of nitrogens with zero attached hydrogens (tertiary/aromatic N) is 2. The lowest BCUT2D eigenvalue weighted by Gasteiger charge is -2.34. The van der Waals surface area contributed by atoms with Crippen LogP contribution in [-0.4, -0.2) is 61.2 Å². The fourth-order valence-corrected chi connectivity index (χ4v) is 6.26. The topological polar surface area (TPSA) is 57.7 Å². The molecule has 144 valence electrons. The summed E-state index contributed by atoms with van der Waals surface area (Å²) in [6, 6.07) is 8.51. The fourth-order valence-electron chi connectivity index (χ4n) is 3.68. The first-order chi connectivity index (χ1) is 12.6. The van der Waals surface area contributed by atoms with Crippen molar-refractivity contribution in [2.24, 2.45) is 5.92 Å². The molecular formula is C19H28N2O3S2. The number of carbonyl (C=O) groups excluding carboxylic acids is 1. The predicted octanol–water partition coefficient (Wildman–Crippen LogP) is 2.83. The molecule has 1 aromatic rings. The van der Waals surface area contributed by atoms with E-state index in [1.807, 2.05) is 4.90 Å². The Morgan fingerprint density at radius 3 is 2.31 bits per heavy atom. The van der Waals surface area contributed by atoms with Crippen molar-refractivity contribution in [1.82, 2.24) is 9.21 Å². The van der Waals surface area contributed by atoms with E-state index in [0.717, 1.165) is 11.7 Å². The van der Waals surface area contributed by atoms with Gasteiger partial charge in [0.15, 0.2) is 0 Å². The third-order valence-electron chi connectivity index (χ3n) is 5.28. The first kappa shape index (κ1) is 19.7. The average Bonchev–Trinajstić information content (AvgIpc) is 2.69. The Morgan fingerprint density at radius 1 is 1.00 bits per heavy atom. The van der Waals surface area contributed by atoms with Crippen LogP contribution in [0.4, 0.5) is 0 Å². The van der Waals surface area contributed by atoms with Gasteiger partial charge in [0, 0.05) is 26.2 Å². The maximum Gasteiger partial charge on any atom is 0.243 e. The van der Waals surface area contributed by atoms with Crippen molar-refractivity contribution in [3.8, 4) is 0 Å². The van der Waals surface area contributed by atoms with Crippen molar-refractivity contribution < 1.29 is 13.2 Å². The van der Waals surface area contributed by atoms with Crippen molar-refractivity contribution in [3.63, 3.8) is 0 Å². The number of thioether (sulfide) groups is 1. The summed E-state index contributed by atoms with van der Waals surface area (Å²) < 4.78 is 26.7. The first-order valence-corrected chi connectivity index (χ1v) is 12.1. The number of hydrogen-bond acceptors (Lipinski definition) is 4. The van der Waals surface area contributed by atoms with Crippen LogP contribution in [0, 0.1) is 5.92 Å². The van der Waals surface area contributed by atoms with E-state index in [4.69, 9.17) is 0 Å². The molecule has 7 heteroatoms. The van der Waals surface area contributed by atoms with E-state index < -0.39 is 10.0 Å². The monoisotopic (exact) mass is 396 g/mol. The number of amides is 1. The molecule has 0 radical (unpaired) electrons. The van der Waals surface area contributed by atoms with E-state index in [0.29, 0.717) is 36.8 Å². The predicted molar refractivity (Wildman–Crippen MR) is 106 cm³/mol. The summed E-state index contributed by atoms with van der Waals surface area (Å²) in [4.78, 5) is 14.5. The number of piperazine rings is 1. The van der Waals surface area contributed by atoms with Crippen molar-refractivity contribution in [2.75, 3.05) is 37.7 Å². The zero-order valence-corrected chi connectivity index (χ0v) is 16.8. The second kappa shape index (κ2) is 9.24. The molecule has 3 rings (SSSR count). The second-order valence-electron chi connectivity index (χ2n) is 7.12. The molecule has 2 fully saturated rings. The molecule has 1 amide bonds. The van der Waals surface area contributed by atoms with Crippen LogP contribution in [0.2, 0.25) is 0 Å². The lowest BCUT2D eigenvalue weighted by Crippen LogP contribution is -2.51. The molecule has 1 aliphatic carbocycles. The van der Waals surface area contributed by atoms with Gasteiger partial charge < -0.3 is 4.90 Å². The van der Waals surface area contributed by atoms with Gasteiger partial charge in [0.05, 0.1) is 10.6 Å². The van der Waals surface area contributed by atoms with Gasteiger partial charge in [-0.1, -0.05) is 37.5 Å². The van der Waals surface area contributed by atoms with E-state index in [2.05, 4.69) is 0 Å². The Labute approximate surface area is 161 Å². The van der Waals surface area contributed by atoms with Gasteiger partial charge in [-0.2, -0.15) is 16.1 Å². The summed E-state index contributed by atoms with van der Waals surface area (Å²) in [6.45, 7) is 1.70. The molecule has 0 aromatic heterocycles. The normalized spacial score (nSPS) is 20.2. The Balaban J connectivity index is 1.43. The molecule has 0 bridgehead atoms. The van der Waals surface area contributed by atoms with E-state index in [-0.39, 0.29) is 5.91 Å². The van der Waals surface area contributed by atoms with Crippen LogP contribution in [0.1, 0.15) is 32.1 Å². The highest BCUT2D eigenvalue weighted by molar-refractivity contribution is 7.99. The van der Waals surface area contributed by atoms with Gasteiger partial charge in [-0.3, -0.25) is 4.79 Å². The van der Waals surface area contributed by atoms with Crippen LogP contribution in [0.5, 0.6) is 0 Å². The standard InChI is InChI=1S/C19H28N2O3S2/c22-19(16-25-15-17-7-3-1-4-8-17)20-11-13-21(14-12-20)26(23,24)18-9-5-2-6-10-18/h2,5-6,9-10,17H,1,3-4,7-8,11-16H2. The molecule has 1 saturated heterocycles. The van der Waals surface area contributed by atoms with Gasteiger partial charge in [-0.15, -0.1) is 0 Å². The van der Waals surface area contributed by atoms with Crippen molar-refractivity contribution >= 4 is 27.7 Å². The quantitative estimate of drug-likeness (QED) is 0.742. The summed E-state index contributed by atoms with van der Waals surface area (Å²) in [5.41, 5.74) is 0. The minimum atomic E-state index is -3.45. The van der Waals surface area contributed by atoms with E-state index in [1.165, 1.54) is 36.4 Å². The Morgan fingerprint density at radius 2 is 1.65 bits per heavy atom. The number of rotatable bonds is 6. The number of hydrogen-bond donors (Lipinski definition) is 0. The lowest BCUT2D eigenvalue weighted by atomic mass is 9.91.